The Balaban J connectivity index is 1.36. The topological polar surface area (TPSA) is 108 Å². The number of nitrogens with zero attached hydrogens (tertiary/aromatic N) is 3. The van der Waals surface area contributed by atoms with Crippen LogP contribution in [0.2, 0.25) is 0 Å². The molecule has 29 heavy (non-hydrogen) atoms. The lowest BCUT2D eigenvalue weighted by atomic mass is 9.78. The molecule has 0 radical (unpaired) electrons. The molecule has 4 rings (SSSR count). The average Bonchev–Trinajstić information content (AvgIpc) is 2.63. The van der Waals surface area contributed by atoms with Gasteiger partial charge in [0, 0.05) is 32.4 Å². The number of aliphatic carboxylic acids is 1. The number of carbonyl (C=O) groups excluding carboxylic acids is 1. The van der Waals surface area contributed by atoms with Crippen molar-refractivity contribution in [1.29, 1.82) is 0 Å². The highest BCUT2D eigenvalue weighted by atomic mass is 32.2. The molecule has 1 aromatic heterocycles. The molecule has 156 valence electrons. The van der Waals surface area contributed by atoms with Gasteiger partial charge in [-0.2, -0.15) is 4.31 Å². The fraction of sp³-hybridized carbons (Fsp3) is 0.550. The highest BCUT2D eigenvalue weighted by Crippen LogP contribution is 2.34. The monoisotopic (exact) mass is 419 g/mol. The minimum Gasteiger partial charge on any atom is -0.481 e. The number of aromatic nitrogens is 1. The van der Waals surface area contributed by atoms with Crippen LogP contribution in [0.1, 0.15) is 32.1 Å². The Bertz CT molecular complexity index is 922. The maximum atomic E-state index is 12.8. The number of carboxylic acid groups (broad SMARTS) is 1. The summed E-state index contributed by atoms with van der Waals surface area (Å²) in [7, 11) is -3.59. The van der Waals surface area contributed by atoms with E-state index in [1.165, 1.54) is 16.6 Å². The third kappa shape index (κ3) is 3.81. The first kappa shape index (κ1) is 20.0. The largest absolute Gasteiger partial charge is 0.481 e. The summed E-state index contributed by atoms with van der Waals surface area (Å²) >= 11 is 0. The average molecular weight is 420 g/mol. The molecule has 2 aliphatic heterocycles. The molecule has 0 bridgehead atoms. The van der Waals surface area contributed by atoms with E-state index in [-0.39, 0.29) is 16.9 Å². The van der Waals surface area contributed by atoms with E-state index >= 15 is 0 Å². The highest BCUT2D eigenvalue weighted by molar-refractivity contribution is 7.89. The zero-order valence-electron chi connectivity index (χ0n) is 16.2. The van der Waals surface area contributed by atoms with Crippen LogP contribution < -0.4 is 0 Å². The van der Waals surface area contributed by atoms with Crippen LogP contribution in [0.5, 0.6) is 0 Å². The van der Waals surface area contributed by atoms with Crippen molar-refractivity contribution in [1.82, 2.24) is 14.2 Å². The van der Waals surface area contributed by atoms with Gasteiger partial charge in [-0.05, 0) is 42.0 Å². The zero-order valence-corrected chi connectivity index (χ0v) is 17.0. The number of hydrogen-bond acceptors (Lipinski definition) is 5. The molecular weight excluding hydrogens is 394 g/mol. The van der Waals surface area contributed by atoms with Crippen LogP contribution in [0, 0.1) is 11.8 Å². The molecule has 1 saturated carbocycles. The van der Waals surface area contributed by atoms with Gasteiger partial charge >= 0.3 is 5.97 Å². The van der Waals surface area contributed by atoms with E-state index in [0.29, 0.717) is 26.2 Å². The van der Waals surface area contributed by atoms with Crippen LogP contribution in [0.15, 0.2) is 40.6 Å². The second-order valence-corrected chi connectivity index (χ2v) is 9.94. The highest BCUT2D eigenvalue weighted by Gasteiger charge is 2.43. The van der Waals surface area contributed by atoms with Crippen molar-refractivity contribution in [3.63, 3.8) is 0 Å². The summed E-state index contributed by atoms with van der Waals surface area (Å²) in [6.07, 6.45) is 6.12. The summed E-state index contributed by atoms with van der Waals surface area (Å²) in [6.45, 7) is 1.42. The smallest absolute Gasteiger partial charge is 0.316 e. The summed E-state index contributed by atoms with van der Waals surface area (Å²) < 4.78 is 26.4. The van der Waals surface area contributed by atoms with Gasteiger partial charge in [-0.3, -0.25) is 9.59 Å². The second kappa shape index (κ2) is 7.87. The maximum Gasteiger partial charge on any atom is 0.316 e. The van der Waals surface area contributed by atoms with Crippen LogP contribution in [-0.2, 0) is 19.6 Å². The summed E-state index contributed by atoms with van der Waals surface area (Å²) in [5, 5.41) is 9.62. The normalized spacial score (nSPS) is 22.0. The van der Waals surface area contributed by atoms with Crippen molar-refractivity contribution >= 4 is 21.9 Å². The van der Waals surface area contributed by atoms with E-state index in [0.717, 1.165) is 43.3 Å². The van der Waals surface area contributed by atoms with Gasteiger partial charge in [0.15, 0.2) is 5.03 Å². The van der Waals surface area contributed by atoms with Crippen molar-refractivity contribution in [2.45, 2.75) is 37.1 Å². The molecule has 0 aromatic carbocycles. The Hall–Kier alpha value is -2.26. The standard InChI is InChI=1S/C20H25N3O5S/c24-19(18(20(25)26)14-6-2-1-3-7-14)22-10-15(11-22)16-12-23(13-16)29(27,28)17-8-4-5-9-21-17/h4-5,8-9,14,18H,1-3,6-7,10-13H2,(H,25,26). The lowest BCUT2D eigenvalue weighted by Crippen LogP contribution is -2.54. The predicted molar refractivity (Wildman–Crippen MR) is 104 cm³/mol. The molecule has 1 aliphatic carbocycles. The van der Waals surface area contributed by atoms with Crippen molar-refractivity contribution in [2.24, 2.45) is 11.8 Å². The fourth-order valence-electron chi connectivity index (χ4n) is 4.37. The van der Waals surface area contributed by atoms with E-state index < -0.39 is 21.9 Å². The summed E-state index contributed by atoms with van der Waals surface area (Å²) in [6, 6.07) is 4.78. The number of hydrogen-bond donors (Lipinski definition) is 1. The predicted octanol–water partition coefficient (Wildman–Crippen LogP) is 1.51. The third-order valence-electron chi connectivity index (χ3n) is 6.20. The quantitative estimate of drug-likeness (QED) is 0.572. The Morgan fingerprint density at radius 1 is 1.03 bits per heavy atom. The number of pyridine rings is 1. The Morgan fingerprint density at radius 3 is 2.28 bits per heavy atom. The molecule has 9 heteroatoms. The molecule has 8 nitrogen and oxygen atoms in total. The number of likely N-dealkylation sites (tertiary alicyclic amines) is 1. The number of sulfonamides is 1. The summed E-state index contributed by atoms with van der Waals surface area (Å²) in [5.41, 5.74) is 2.05. The third-order valence-corrected chi connectivity index (χ3v) is 7.91. The van der Waals surface area contributed by atoms with Crippen molar-refractivity contribution in [3.8, 4) is 0 Å². The Kier molecular flexibility index (Phi) is 5.44. The number of amides is 1. The lowest BCUT2D eigenvalue weighted by molar-refractivity contribution is -0.155. The van der Waals surface area contributed by atoms with Gasteiger partial charge in [-0.15, -0.1) is 0 Å². The van der Waals surface area contributed by atoms with E-state index in [9.17, 15) is 23.1 Å². The van der Waals surface area contributed by atoms with Gasteiger partial charge in [-0.25, -0.2) is 13.4 Å². The Morgan fingerprint density at radius 2 is 1.69 bits per heavy atom. The summed E-state index contributed by atoms with van der Waals surface area (Å²) in [5.74, 6) is -2.36. The first-order valence-corrected chi connectivity index (χ1v) is 11.4. The minimum absolute atomic E-state index is 0.0336. The van der Waals surface area contributed by atoms with Crippen LogP contribution in [-0.4, -0.2) is 65.8 Å². The molecule has 1 unspecified atom stereocenters. The first-order chi connectivity index (χ1) is 13.9. The van der Waals surface area contributed by atoms with Crippen LogP contribution in [0.25, 0.3) is 0 Å². The zero-order chi connectivity index (χ0) is 20.6. The van der Waals surface area contributed by atoms with Crippen LogP contribution >= 0.6 is 0 Å². The van der Waals surface area contributed by atoms with E-state index in [4.69, 9.17) is 0 Å². The molecule has 1 aromatic rings. The van der Waals surface area contributed by atoms with Gasteiger partial charge in [0.2, 0.25) is 5.91 Å². The van der Waals surface area contributed by atoms with Gasteiger partial charge in [0.05, 0.1) is 0 Å². The SMILES string of the molecule is O=C(O)C(C(=O)N1CC(=C2CN(S(=O)(=O)c3ccccn3)C2)C1)C1CCCCC1. The molecule has 3 fully saturated rings. The van der Waals surface area contributed by atoms with Crippen LogP contribution in [0.4, 0.5) is 0 Å². The fourth-order valence-corrected chi connectivity index (χ4v) is 5.73. The van der Waals surface area contributed by atoms with Gasteiger partial charge in [0.25, 0.3) is 10.0 Å². The van der Waals surface area contributed by atoms with Crippen molar-refractivity contribution < 1.29 is 23.1 Å². The number of carbonyl (C=O) groups is 2. The van der Waals surface area contributed by atoms with E-state index in [1.807, 2.05) is 0 Å². The second-order valence-electron chi connectivity index (χ2n) is 8.06. The molecule has 1 atom stereocenters. The molecule has 1 N–H and O–H groups in total. The minimum atomic E-state index is -3.59. The maximum absolute atomic E-state index is 12.8. The van der Waals surface area contributed by atoms with Gasteiger partial charge < -0.3 is 10.0 Å². The van der Waals surface area contributed by atoms with Crippen molar-refractivity contribution in [3.05, 3.63) is 35.5 Å². The molecule has 1 amide bonds. The van der Waals surface area contributed by atoms with Gasteiger partial charge in [-0.1, -0.05) is 25.3 Å². The molecule has 3 heterocycles. The van der Waals surface area contributed by atoms with E-state index in [2.05, 4.69) is 4.98 Å². The molecule has 3 aliphatic rings. The van der Waals surface area contributed by atoms with Crippen molar-refractivity contribution in [2.75, 3.05) is 26.2 Å². The molecule has 2 saturated heterocycles. The number of rotatable bonds is 5. The number of carboxylic acids is 1. The van der Waals surface area contributed by atoms with E-state index in [1.54, 1.807) is 17.0 Å². The molecule has 0 spiro atoms. The Labute approximate surface area is 170 Å². The summed E-state index contributed by atoms with van der Waals surface area (Å²) in [4.78, 5) is 30.0. The lowest BCUT2D eigenvalue weighted by Gasteiger charge is -2.43. The van der Waals surface area contributed by atoms with Crippen LogP contribution in [0.3, 0.4) is 0 Å². The first-order valence-electron chi connectivity index (χ1n) is 10.0. The van der Waals surface area contributed by atoms with Gasteiger partial charge in [0.1, 0.15) is 5.92 Å². The molecular formula is C20H25N3O5S.